The van der Waals surface area contributed by atoms with Crippen molar-refractivity contribution in [2.24, 2.45) is 0 Å². The molecule has 5 heteroatoms. The molecule has 0 aliphatic carbocycles. The van der Waals surface area contributed by atoms with Crippen LogP contribution in [0.25, 0.3) is 0 Å². The van der Waals surface area contributed by atoms with Gasteiger partial charge < -0.3 is 15.0 Å². The summed E-state index contributed by atoms with van der Waals surface area (Å²) < 4.78 is 5.54. The molecule has 0 aliphatic heterocycles. The molecular formula is C19H22N2O3. The molecule has 2 amide bonds. The van der Waals surface area contributed by atoms with E-state index in [1.54, 1.807) is 41.3 Å². The van der Waals surface area contributed by atoms with E-state index in [0.29, 0.717) is 30.1 Å². The molecule has 126 valence electrons. The number of hydrogen-bond donors (Lipinski definition) is 1. The lowest BCUT2D eigenvalue weighted by atomic mass is 10.2. The Morgan fingerprint density at radius 2 is 1.71 bits per heavy atom. The fraction of sp³-hybridized carbons (Fsp3) is 0.263. The second-order valence-corrected chi connectivity index (χ2v) is 5.20. The summed E-state index contributed by atoms with van der Waals surface area (Å²) in [6.07, 6.45) is 0. The van der Waals surface area contributed by atoms with E-state index in [1.165, 1.54) is 0 Å². The fourth-order valence-electron chi connectivity index (χ4n) is 2.27. The van der Waals surface area contributed by atoms with Crippen molar-refractivity contribution in [1.29, 1.82) is 0 Å². The van der Waals surface area contributed by atoms with E-state index in [1.807, 2.05) is 32.0 Å². The largest absolute Gasteiger partial charge is 0.484 e. The SMILES string of the molecule is CCN(CC)C(=O)COc1cccc(NC(=O)c2ccccc2)c1. The minimum Gasteiger partial charge on any atom is -0.484 e. The molecule has 2 aromatic rings. The van der Waals surface area contributed by atoms with Gasteiger partial charge in [0.05, 0.1) is 0 Å². The number of ether oxygens (including phenoxy) is 1. The molecule has 5 nitrogen and oxygen atoms in total. The molecule has 0 atom stereocenters. The maximum atomic E-state index is 12.1. The van der Waals surface area contributed by atoms with Crippen LogP contribution in [0.1, 0.15) is 24.2 Å². The van der Waals surface area contributed by atoms with Gasteiger partial charge >= 0.3 is 0 Å². The molecule has 0 saturated carbocycles. The summed E-state index contributed by atoms with van der Waals surface area (Å²) in [5.74, 6) is 0.298. The van der Waals surface area contributed by atoms with Gasteiger partial charge in [0.15, 0.2) is 6.61 Å². The summed E-state index contributed by atoms with van der Waals surface area (Å²) in [4.78, 5) is 25.8. The first-order valence-corrected chi connectivity index (χ1v) is 8.01. The van der Waals surface area contributed by atoms with E-state index in [4.69, 9.17) is 4.74 Å². The lowest BCUT2D eigenvalue weighted by Crippen LogP contribution is -2.34. The predicted octanol–water partition coefficient (Wildman–Crippen LogP) is 3.19. The molecule has 2 rings (SSSR count). The molecule has 0 heterocycles. The van der Waals surface area contributed by atoms with Crippen molar-refractivity contribution >= 4 is 17.5 Å². The molecule has 0 aliphatic rings. The highest BCUT2D eigenvalue weighted by atomic mass is 16.5. The highest BCUT2D eigenvalue weighted by molar-refractivity contribution is 6.04. The number of carbonyl (C=O) groups excluding carboxylic acids is 2. The lowest BCUT2D eigenvalue weighted by molar-refractivity contribution is -0.132. The molecule has 0 fully saturated rings. The quantitative estimate of drug-likeness (QED) is 0.850. The molecule has 0 aromatic heterocycles. The summed E-state index contributed by atoms with van der Waals surface area (Å²) >= 11 is 0. The molecule has 24 heavy (non-hydrogen) atoms. The van der Waals surface area contributed by atoms with Crippen LogP contribution in [0, 0.1) is 0 Å². The third-order valence-electron chi connectivity index (χ3n) is 3.61. The Bertz CT molecular complexity index is 682. The van der Waals surface area contributed by atoms with Crippen LogP contribution >= 0.6 is 0 Å². The monoisotopic (exact) mass is 326 g/mol. The topological polar surface area (TPSA) is 58.6 Å². The smallest absolute Gasteiger partial charge is 0.260 e. The Morgan fingerprint density at radius 3 is 2.38 bits per heavy atom. The molecule has 0 radical (unpaired) electrons. The van der Waals surface area contributed by atoms with E-state index < -0.39 is 0 Å². The van der Waals surface area contributed by atoms with Crippen LogP contribution in [0.2, 0.25) is 0 Å². The van der Waals surface area contributed by atoms with Crippen molar-refractivity contribution in [2.45, 2.75) is 13.8 Å². The van der Waals surface area contributed by atoms with Gasteiger partial charge in [-0.05, 0) is 38.1 Å². The van der Waals surface area contributed by atoms with Gasteiger partial charge in [-0.25, -0.2) is 0 Å². The Labute approximate surface area is 142 Å². The van der Waals surface area contributed by atoms with Gasteiger partial charge in [0, 0.05) is 30.4 Å². The zero-order valence-corrected chi connectivity index (χ0v) is 14.0. The zero-order chi connectivity index (χ0) is 17.4. The highest BCUT2D eigenvalue weighted by Gasteiger charge is 2.11. The van der Waals surface area contributed by atoms with Gasteiger partial charge in [-0.2, -0.15) is 0 Å². The molecule has 0 saturated heterocycles. The molecular weight excluding hydrogens is 304 g/mol. The number of hydrogen-bond acceptors (Lipinski definition) is 3. The van der Waals surface area contributed by atoms with Gasteiger partial charge in [0.25, 0.3) is 11.8 Å². The summed E-state index contributed by atoms with van der Waals surface area (Å²) in [6.45, 7) is 5.16. The standard InChI is InChI=1S/C19H22N2O3/c1-3-21(4-2)18(22)14-24-17-12-8-11-16(13-17)20-19(23)15-9-6-5-7-10-15/h5-13H,3-4,14H2,1-2H3,(H,20,23). The van der Waals surface area contributed by atoms with E-state index >= 15 is 0 Å². The minimum atomic E-state index is -0.188. The van der Waals surface area contributed by atoms with Crippen molar-refractivity contribution in [1.82, 2.24) is 4.90 Å². The van der Waals surface area contributed by atoms with Crippen molar-refractivity contribution in [3.63, 3.8) is 0 Å². The number of rotatable bonds is 7. The number of benzene rings is 2. The van der Waals surface area contributed by atoms with Crippen molar-refractivity contribution in [3.8, 4) is 5.75 Å². The second kappa shape index (κ2) is 8.72. The number of amides is 2. The first-order valence-electron chi connectivity index (χ1n) is 8.01. The van der Waals surface area contributed by atoms with Crippen LogP contribution < -0.4 is 10.1 Å². The molecule has 1 N–H and O–H groups in total. The van der Waals surface area contributed by atoms with E-state index in [-0.39, 0.29) is 18.4 Å². The summed E-state index contributed by atoms with van der Waals surface area (Å²) in [5, 5.41) is 2.82. The number of nitrogens with zero attached hydrogens (tertiary/aromatic N) is 1. The average Bonchev–Trinajstić information content (AvgIpc) is 2.62. The maximum Gasteiger partial charge on any atom is 0.260 e. The number of carbonyl (C=O) groups is 2. The highest BCUT2D eigenvalue weighted by Crippen LogP contribution is 2.18. The van der Waals surface area contributed by atoms with Gasteiger partial charge in [0.1, 0.15) is 5.75 Å². The van der Waals surface area contributed by atoms with Crippen molar-refractivity contribution in [2.75, 3.05) is 25.0 Å². The van der Waals surface area contributed by atoms with Gasteiger partial charge in [-0.1, -0.05) is 24.3 Å². The van der Waals surface area contributed by atoms with Crippen LogP contribution in [-0.4, -0.2) is 36.4 Å². The Morgan fingerprint density at radius 1 is 1.00 bits per heavy atom. The minimum absolute atomic E-state index is 0.0161. The molecule has 0 unspecified atom stereocenters. The van der Waals surface area contributed by atoms with Crippen LogP contribution in [0.5, 0.6) is 5.75 Å². The maximum absolute atomic E-state index is 12.1. The summed E-state index contributed by atoms with van der Waals surface area (Å²) in [7, 11) is 0. The number of nitrogens with one attached hydrogen (secondary N) is 1. The van der Waals surface area contributed by atoms with Gasteiger partial charge in [0.2, 0.25) is 0 Å². The van der Waals surface area contributed by atoms with E-state index in [2.05, 4.69) is 5.32 Å². The van der Waals surface area contributed by atoms with Crippen LogP contribution in [0.15, 0.2) is 54.6 Å². The molecule has 2 aromatic carbocycles. The van der Waals surface area contributed by atoms with E-state index in [9.17, 15) is 9.59 Å². The third kappa shape index (κ3) is 4.84. The van der Waals surface area contributed by atoms with Crippen molar-refractivity contribution < 1.29 is 14.3 Å². The summed E-state index contributed by atoms with van der Waals surface area (Å²) in [5.41, 5.74) is 1.21. The predicted molar refractivity (Wildman–Crippen MR) is 94.3 cm³/mol. The normalized spacial score (nSPS) is 10.1. The Kier molecular flexibility index (Phi) is 6.37. The Balaban J connectivity index is 1.96. The lowest BCUT2D eigenvalue weighted by Gasteiger charge is -2.18. The Hall–Kier alpha value is -2.82. The fourth-order valence-corrected chi connectivity index (χ4v) is 2.27. The number of anilines is 1. The second-order valence-electron chi connectivity index (χ2n) is 5.20. The summed E-state index contributed by atoms with van der Waals surface area (Å²) in [6, 6.07) is 16.0. The van der Waals surface area contributed by atoms with Crippen molar-refractivity contribution in [3.05, 3.63) is 60.2 Å². The third-order valence-corrected chi connectivity index (χ3v) is 3.61. The van der Waals surface area contributed by atoms with Gasteiger partial charge in [-0.3, -0.25) is 9.59 Å². The number of likely N-dealkylation sites (N-methyl/N-ethyl adjacent to an activating group) is 1. The van der Waals surface area contributed by atoms with Crippen LogP contribution in [0.4, 0.5) is 5.69 Å². The van der Waals surface area contributed by atoms with Crippen LogP contribution in [0.3, 0.4) is 0 Å². The first-order chi connectivity index (χ1) is 11.6. The average molecular weight is 326 g/mol. The molecule has 0 spiro atoms. The zero-order valence-electron chi connectivity index (χ0n) is 14.0. The molecule has 0 bridgehead atoms. The first kappa shape index (κ1) is 17.5. The van der Waals surface area contributed by atoms with E-state index in [0.717, 1.165) is 0 Å². The van der Waals surface area contributed by atoms with Crippen LogP contribution in [-0.2, 0) is 4.79 Å². The van der Waals surface area contributed by atoms with Gasteiger partial charge in [-0.15, -0.1) is 0 Å².